The molecule has 0 atom stereocenters. The number of benzene rings is 1. The third-order valence-corrected chi connectivity index (χ3v) is 3.13. The summed E-state index contributed by atoms with van der Waals surface area (Å²) in [6, 6.07) is 8.41. The molecule has 0 amide bonds. The Morgan fingerprint density at radius 3 is 2.69 bits per heavy atom. The van der Waals surface area contributed by atoms with Gasteiger partial charge in [0.1, 0.15) is 5.75 Å². The van der Waals surface area contributed by atoms with E-state index < -0.39 is 0 Å². The fraction of sp³-hybridized carbons (Fsp3) is 0.571. The zero-order valence-electron chi connectivity index (χ0n) is 10.2. The lowest BCUT2D eigenvalue weighted by molar-refractivity contribution is 0.306. The number of alkyl halides is 1. The van der Waals surface area contributed by atoms with Gasteiger partial charge in [-0.2, -0.15) is 0 Å². The van der Waals surface area contributed by atoms with E-state index in [4.69, 9.17) is 4.74 Å². The van der Waals surface area contributed by atoms with Crippen molar-refractivity contribution in [2.45, 2.75) is 39.0 Å². The molecule has 1 rings (SSSR count). The minimum atomic E-state index is 0.567. The zero-order chi connectivity index (χ0) is 11.8. The highest BCUT2D eigenvalue weighted by Crippen LogP contribution is 2.20. The first-order valence-electron chi connectivity index (χ1n) is 6.02. The Morgan fingerprint density at radius 1 is 1.19 bits per heavy atom. The summed E-state index contributed by atoms with van der Waals surface area (Å²) in [4.78, 5) is 0. The van der Waals surface area contributed by atoms with Gasteiger partial charge in [-0.05, 0) is 42.9 Å². The van der Waals surface area contributed by atoms with Gasteiger partial charge in [-0.3, -0.25) is 0 Å². The van der Waals surface area contributed by atoms with Gasteiger partial charge in [0.25, 0.3) is 0 Å². The Bertz CT molecular complexity index is 297. The summed E-state index contributed by atoms with van der Waals surface area (Å²) < 4.78 is 5.73. The minimum absolute atomic E-state index is 0.567. The first-order valence-corrected chi connectivity index (χ1v) is 7.15. The van der Waals surface area contributed by atoms with Crippen LogP contribution in [0, 0.1) is 0 Å². The van der Waals surface area contributed by atoms with E-state index in [2.05, 4.69) is 48.0 Å². The maximum atomic E-state index is 5.73. The molecule has 0 bridgehead atoms. The predicted molar refractivity (Wildman–Crippen MR) is 73.7 cm³/mol. The molecule has 16 heavy (non-hydrogen) atoms. The Kier molecular flexibility index (Phi) is 6.55. The van der Waals surface area contributed by atoms with Crippen LogP contribution >= 0.6 is 15.9 Å². The van der Waals surface area contributed by atoms with E-state index in [1.165, 1.54) is 18.4 Å². The van der Waals surface area contributed by atoms with Crippen LogP contribution in [0.3, 0.4) is 0 Å². The number of hydrogen-bond acceptors (Lipinski definition) is 1. The second-order valence-corrected chi connectivity index (χ2v) is 5.12. The van der Waals surface area contributed by atoms with Crippen molar-refractivity contribution in [3.05, 3.63) is 29.8 Å². The Labute approximate surface area is 107 Å². The summed E-state index contributed by atoms with van der Waals surface area (Å²) in [5, 5.41) is 1.09. The van der Waals surface area contributed by atoms with Crippen LogP contribution in [-0.2, 0) is 0 Å². The van der Waals surface area contributed by atoms with Gasteiger partial charge in [0, 0.05) is 5.33 Å². The number of rotatable bonds is 7. The average Bonchev–Trinajstić information content (AvgIpc) is 2.29. The Balaban J connectivity index is 2.33. The fourth-order valence-electron chi connectivity index (χ4n) is 1.53. The summed E-state index contributed by atoms with van der Waals surface area (Å²) >= 11 is 3.43. The lowest BCUT2D eigenvalue weighted by Crippen LogP contribution is -1.98. The van der Waals surface area contributed by atoms with Crippen LogP contribution < -0.4 is 4.74 Å². The van der Waals surface area contributed by atoms with Gasteiger partial charge in [0.05, 0.1) is 6.61 Å². The van der Waals surface area contributed by atoms with Crippen molar-refractivity contribution in [2.24, 2.45) is 0 Å². The molecule has 90 valence electrons. The largest absolute Gasteiger partial charge is 0.494 e. The molecule has 0 heterocycles. The molecule has 0 N–H and O–H groups in total. The molecule has 0 aliphatic heterocycles. The Morgan fingerprint density at radius 2 is 2.00 bits per heavy atom. The van der Waals surface area contributed by atoms with E-state index in [0.29, 0.717) is 5.92 Å². The third kappa shape index (κ3) is 5.02. The van der Waals surface area contributed by atoms with E-state index in [-0.39, 0.29) is 0 Å². The molecule has 0 saturated carbocycles. The van der Waals surface area contributed by atoms with Gasteiger partial charge in [0.2, 0.25) is 0 Å². The van der Waals surface area contributed by atoms with E-state index in [9.17, 15) is 0 Å². The van der Waals surface area contributed by atoms with Crippen LogP contribution in [0.2, 0.25) is 0 Å². The Hall–Kier alpha value is -0.500. The van der Waals surface area contributed by atoms with E-state index >= 15 is 0 Å². The van der Waals surface area contributed by atoms with Crippen molar-refractivity contribution in [2.75, 3.05) is 11.9 Å². The smallest absolute Gasteiger partial charge is 0.119 e. The van der Waals surface area contributed by atoms with Gasteiger partial charge in [0.15, 0.2) is 0 Å². The van der Waals surface area contributed by atoms with Crippen molar-refractivity contribution in [1.82, 2.24) is 0 Å². The van der Waals surface area contributed by atoms with Crippen molar-refractivity contribution in [1.29, 1.82) is 0 Å². The topological polar surface area (TPSA) is 9.23 Å². The summed E-state index contributed by atoms with van der Waals surface area (Å²) in [6.07, 6.45) is 3.60. The van der Waals surface area contributed by atoms with Crippen LogP contribution in [0.1, 0.15) is 44.6 Å². The third-order valence-electron chi connectivity index (χ3n) is 2.57. The molecular formula is C14H21BrO. The van der Waals surface area contributed by atoms with Crippen molar-refractivity contribution >= 4 is 15.9 Å². The van der Waals surface area contributed by atoms with Crippen molar-refractivity contribution in [3.63, 3.8) is 0 Å². The van der Waals surface area contributed by atoms with E-state index in [1.807, 2.05) is 6.07 Å². The normalized spacial score (nSPS) is 10.8. The summed E-state index contributed by atoms with van der Waals surface area (Å²) in [6.45, 7) is 5.23. The second kappa shape index (κ2) is 7.72. The van der Waals surface area contributed by atoms with E-state index in [1.54, 1.807) is 0 Å². The summed E-state index contributed by atoms with van der Waals surface area (Å²) in [5.74, 6) is 1.57. The van der Waals surface area contributed by atoms with Crippen LogP contribution in [0.4, 0.5) is 0 Å². The number of ether oxygens (including phenoxy) is 1. The van der Waals surface area contributed by atoms with Gasteiger partial charge in [-0.1, -0.05) is 41.9 Å². The average molecular weight is 285 g/mol. The van der Waals surface area contributed by atoms with Crippen LogP contribution in [0.25, 0.3) is 0 Å². The SMILES string of the molecule is CC(C)c1cccc(OCCCCCBr)c1. The molecular weight excluding hydrogens is 264 g/mol. The van der Waals surface area contributed by atoms with Gasteiger partial charge >= 0.3 is 0 Å². The molecule has 0 saturated heterocycles. The quantitative estimate of drug-likeness (QED) is 0.518. The standard InChI is InChI=1S/C14H21BrO/c1-12(2)13-7-6-8-14(11-13)16-10-5-3-4-9-15/h6-8,11-12H,3-5,9-10H2,1-2H3. The first kappa shape index (κ1) is 13.6. The second-order valence-electron chi connectivity index (χ2n) is 4.33. The van der Waals surface area contributed by atoms with Gasteiger partial charge in [-0.15, -0.1) is 0 Å². The van der Waals surface area contributed by atoms with E-state index in [0.717, 1.165) is 24.1 Å². The predicted octanol–water partition coefficient (Wildman–Crippen LogP) is 4.75. The molecule has 0 spiro atoms. The molecule has 0 unspecified atom stereocenters. The molecule has 2 heteroatoms. The molecule has 0 aliphatic carbocycles. The van der Waals surface area contributed by atoms with Crippen LogP contribution in [0.5, 0.6) is 5.75 Å². The van der Waals surface area contributed by atoms with Crippen LogP contribution in [-0.4, -0.2) is 11.9 Å². The summed E-state index contributed by atoms with van der Waals surface area (Å²) in [7, 11) is 0. The van der Waals surface area contributed by atoms with Gasteiger partial charge in [-0.25, -0.2) is 0 Å². The minimum Gasteiger partial charge on any atom is -0.494 e. The molecule has 0 aromatic heterocycles. The molecule has 1 aromatic carbocycles. The molecule has 1 nitrogen and oxygen atoms in total. The molecule has 0 radical (unpaired) electrons. The van der Waals surface area contributed by atoms with Crippen molar-refractivity contribution in [3.8, 4) is 5.75 Å². The number of unbranched alkanes of at least 4 members (excludes halogenated alkanes) is 2. The van der Waals surface area contributed by atoms with Gasteiger partial charge < -0.3 is 4.74 Å². The number of hydrogen-bond donors (Lipinski definition) is 0. The highest BCUT2D eigenvalue weighted by Gasteiger charge is 2.00. The molecule has 0 fully saturated rings. The van der Waals surface area contributed by atoms with Crippen LogP contribution in [0.15, 0.2) is 24.3 Å². The molecule has 0 aliphatic rings. The fourth-order valence-corrected chi connectivity index (χ4v) is 1.92. The number of halogens is 1. The zero-order valence-corrected chi connectivity index (χ0v) is 11.8. The highest BCUT2D eigenvalue weighted by atomic mass is 79.9. The summed E-state index contributed by atoms with van der Waals surface area (Å²) in [5.41, 5.74) is 1.35. The highest BCUT2D eigenvalue weighted by molar-refractivity contribution is 9.09. The maximum absolute atomic E-state index is 5.73. The molecule has 1 aromatic rings. The maximum Gasteiger partial charge on any atom is 0.119 e. The van der Waals surface area contributed by atoms with Crippen molar-refractivity contribution < 1.29 is 4.74 Å². The lowest BCUT2D eigenvalue weighted by Gasteiger charge is -2.09. The monoisotopic (exact) mass is 284 g/mol. The lowest BCUT2D eigenvalue weighted by atomic mass is 10.0. The first-order chi connectivity index (χ1) is 7.74.